The molecular formula is C14H14ClF3O2S2. The van der Waals surface area contributed by atoms with Crippen molar-refractivity contribution in [3.05, 3.63) is 39.6 Å². The lowest BCUT2D eigenvalue weighted by molar-refractivity contribution is -0.146. The van der Waals surface area contributed by atoms with Crippen LogP contribution in [0.5, 0.6) is 0 Å². The van der Waals surface area contributed by atoms with Gasteiger partial charge in [-0.2, -0.15) is 24.9 Å². The molecule has 1 saturated heterocycles. The number of ether oxygens (including phenoxy) is 2. The van der Waals surface area contributed by atoms with Gasteiger partial charge in [-0.15, -0.1) is 11.3 Å². The van der Waals surface area contributed by atoms with Crippen LogP contribution in [0.3, 0.4) is 0 Å². The quantitative estimate of drug-likeness (QED) is 0.694. The third-order valence-corrected chi connectivity index (χ3v) is 5.10. The molecule has 1 aromatic rings. The predicted octanol–water partition coefficient (Wildman–Crippen LogP) is 5.01. The Morgan fingerprint density at radius 3 is 2.55 bits per heavy atom. The molecule has 8 heteroatoms. The Morgan fingerprint density at radius 2 is 2.05 bits per heavy atom. The van der Waals surface area contributed by atoms with Crippen molar-refractivity contribution < 1.29 is 22.6 Å². The molecule has 0 atom stereocenters. The van der Waals surface area contributed by atoms with Crippen LogP contribution in [0, 0.1) is 0 Å². The molecule has 2 rings (SSSR count). The second-order valence-corrected chi connectivity index (χ2v) is 7.31. The van der Waals surface area contributed by atoms with Gasteiger partial charge in [0.15, 0.2) is 6.29 Å². The van der Waals surface area contributed by atoms with Crippen LogP contribution in [0.1, 0.15) is 4.88 Å². The Hall–Kier alpha value is -0.470. The summed E-state index contributed by atoms with van der Waals surface area (Å²) >= 11 is 8.23. The van der Waals surface area contributed by atoms with Crippen molar-refractivity contribution >= 4 is 40.3 Å². The largest absolute Gasteiger partial charge is 0.417 e. The Labute approximate surface area is 139 Å². The highest BCUT2D eigenvalue weighted by atomic mass is 35.5. The lowest BCUT2D eigenvalue weighted by Gasteiger charge is -2.26. The highest BCUT2D eigenvalue weighted by Gasteiger charge is 2.35. The first-order valence-electron chi connectivity index (χ1n) is 6.37. The van der Waals surface area contributed by atoms with E-state index in [-0.39, 0.29) is 10.1 Å². The number of rotatable bonds is 4. The molecule has 2 nitrogen and oxygen atoms in total. The summed E-state index contributed by atoms with van der Waals surface area (Å²) in [5.74, 6) is 0. The zero-order valence-electron chi connectivity index (χ0n) is 11.6. The first-order chi connectivity index (χ1) is 10.4. The number of alkyl halides is 3. The minimum Gasteiger partial charge on any atom is -0.348 e. The van der Waals surface area contributed by atoms with Gasteiger partial charge in [-0.25, -0.2) is 0 Å². The fourth-order valence-corrected chi connectivity index (χ4v) is 3.28. The monoisotopic (exact) mass is 370 g/mol. The van der Waals surface area contributed by atoms with Gasteiger partial charge in [0.05, 0.1) is 28.4 Å². The molecule has 0 bridgehead atoms. The van der Waals surface area contributed by atoms with Gasteiger partial charge in [-0.1, -0.05) is 17.7 Å². The molecule has 0 N–H and O–H groups in total. The van der Waals surface area contributed by atoms with E-state index >= 15 is 0 Å². The lowest BCUT2D eigenvalue weighted by Crippen LogP contribution is -2.32. The van der Waals surface area contributed by atoms with Crippen LogP contribution in [0.4, 0.5) is 13.2 Å². The molecule has 0 aliphatic carbocycles. The van der Waals surface area contributed by atoms with Crippen LogP contribution >= 0.6 is 34.7 Å². The van der Waals surface area contributed by atoms with Gasteiger partial charge in [-0.05, 0) is 30.5 Å². The van der Waals surface area contributed by atoms with E-state index in [0.29, 0.717) is 17.6 Å². The number of thioether (sulfide) groups is 1. The molecule has 0 aromatic carbocycles. The van der Waals surface area contributed by atoms with Gasteiger partial charge in [0.2, 0.25) is 0 Å². The fourth-order valence-electron chi connectivity index (χ4n) is 1.77. The maximum atomic E-state index is 13.1. The summed E-state index contributed by atoms with van der Waals surface area (Å²) in [5.41, 5.74) is -0.738. The van der Waals surface area contributed by atoms with Crippen LogP contribution in [0.15, 0.2) is 30.4 Å². The second kappa shape index (κ2) is 7.88. The Bertz CT molecular complexity index is 547. The molecule has 1 aromatic heterocycles. The molecule has 0 radical (unpaired) electrons. The summed E-state index contributed by atoms with van der Waals surface area (Å²) in [6, 6.07) is 2.80. The van der Waals surface area contributed by atoms with Crippen LogP contribution < -0.4 is 0 Å². The summed E-state index contributed by atoms with van der Waals surface area (Å²) in [4.78, 5) is 0.0788. The van der Waals surface area contributed by atoms with Crippen molar-refractivity contribution in [1.82, 2.24) is 0 Å². The highest BCUT2D eigenvalue weighted by molar-refractivity contribution is 7.99. The molecule has 1 aliphatic rings. The Kier molecular flexibility index (Phi) is 6.40. The third-order valence-electron chi connectivity index (χ3n) is 2.90. The number of allylic oxidation sites excluding steroid dienone is 3. The Morgan fingerprint density at radius 1 is 1.36 bits per heavy atom. The summed E-state index contributed by atoms with van der Waals surface area (Å²) in [7, 11) is 0. The maximum absolute atomic E-state index is 13.1. The zero-order valence-corrected chi connectivity index (χ0v) is 14.0. The second-order valence-electron chi connectivity index (χ2n) is 4.46. The molecular weight excluding hydrogens is 357 g/mol. The highest BCUT2D eigenvalue weighted by Crippen LogP contribution is 2.38. The third kappa shape index (κ3) is 5.03. The van der Waals surface area contributed by atoms with E-state index in [9.17, 15) is 13.2 Å². The first-order valence-corrected chi connectivity index (χ1v) is 8.86. The molecule has 1 fully saturated rings. The van der Waals surface area contributed by atoms with Gasteiger partial charge < -0.3 is 9.47 Å². The van der Waals surface area contributed by atoms with Crippen molar-refractivity contribution in [2.24, 2.45) is 0 Å². The molecule has 1 aliphatic heterocycles. The van der Waals surface area contributed by atoms with Crippen molar-refractivity contribution in [2.75, 3.05) is 19.5 Å². The van der Waals surface area contributed by atoms with E-state index in [4.69, 9.17) is 21.1 Å². The van der Waals surface area contributed by atoms with Crippen molar-refractivity contribution in [2.45, 2.75) is 17.7 Å². The molecule has 0 amide bonds. The van der Waals surface area contributed by atoms with Gasteiger partial charge in [-0.3, -0.25) is 0 Å². The molecule has 122 valence electrons. The fraction of sp³-hybridized carbons (Fsp3) is 0.429. The average molecular weight is 371 g/mol. The van der Waals surface area contributed by atoms with Crippen molar-refractivity contribution in [3.8, 4) is 0 Å². The van der Waals surface area contributed by atoms with Crippen molar-refractivity contribution in [1.29, 1.82) is 0 Å². The van der Waals surface area contributed by atoms with E-state index in [1.54, 1.807) is 11.8 Å². The topological polar surface area (TPSA) is 18.5 Å². The zero-order chi connectivity index (χ0) is 16.2. The summed E-state index contributed by atoms with van der Waals surface area (Å²) < 4.78 is 50.3. The number of hydrogen-bond acceptors (Lipinski definition) is 4. The summed E-state index contributed by atoms with van der Waals surface area (Å²) in [6.45, 7) is 1.04. The standard InChI is InChI=1S/C14H14ClF3O2S2/c1-21-9-7-19-13(20-8-9)4-2-3-10(14(16,17)18)11-5-6-12(15)22-11/h2-6,9,13H,7-8H2,1H3/b4-2+,10-3-. The smallest absolute Gasteiger partial charge is 0.348 e. The summed E-state index contributed by atoms with van der Waals surface area (Å²) in [5, 5.41) is 0.263. The van der Waals surface area contributed by atoms with Crippen LogP contribution in [-0.4, -0.2) is 37.2 Å². The number of halogens is 4. The normalized spacial score (nSPS) is 24.1. The summed E-state index contributed by atoms with van der Waals surface area (Å²) in [6.07, 6.45) is 0.684. The van der Waals surface area contributed by atoms with E-state index in [1.165, 1.54) is 24.3 Å². The van der Waals surface area contributed by atoms with Gasteiger partial charge in [0, 0.05) is 4.88 Å². The molecule has 2 heterocycles. The minimum absolute atomic E-state index is 0.0788. The first kappa shape index (κ1) is 17.9. The van der Waals surface area contributed by atoms with E-state index in [0.717, 1.165) is 17.4 Å². The SMILES string of the molecule is CSC1COC(/C=C/C=C(/c2ccc(Cl)s2)C(F)(F)F)OC1. The van der Waals surface area contributed by atoms with Gasteiger partial charge in [0.1, 0.15) is 0 Å². The number of thiophene rings is 1. The van der Waals surface area contributed by atoms with Crippen LogP contribution in [0.2, 0.25) is 4.34 Å². The Balaban J connectivity index is 2.06. The van der Waals surface area contributed by atoms with E-state index in [2.05, 4.69) is 0 Å². The maximum Gasteiger partial charge on any atom is 0.417 e. The molecule has 0 saturated carbocycles. The van der Waals surface area contributed by atoms with Crippen LogP contribution in [0.25, 0.3) is 5.57 Å². The minimum atomic E-state index is -4.45. The molecule has 22 heavy (non-hydrogen) atoms. The average Bonchev–Trinajstić information content (AvgIpc) is 2.89. The van der Waals surface area contributed by atoms with Gasteiger partial charge >= 0.3 is 6.18 Å². The molecule has 0 unspecified atom stereocenters. The van der Waals surface area contributed by atoms with Crippen molar-refractivity contribution in [3.63, 3.8) is 0 Å². The number of hydrogen-bond donors (Lipinski definition) is 0. The van der Waals surface area contributed by atoms with E-state index < -0.39 is 18.0 Å². The lowest BCUT2D eigenvalue weighted by atomic mass is 10.2. The molecule has 0 spiro atoms. The van der Waals surface area contributed by atoms with Gasteiger partial charge in [0.25, 0.3) is 0 Å². The van der Waals surface area contributed by atoms with Crippen LogP contribution in [-0.2, 0) is 9.47 Å². The predicted molar refractivity (Wildman–Crippen MR) is 85.5 cm³/mol. The van der Waals surface area contributed by atoms with E-state index in [1.807, 2.05) is 6.26 Å².